The Labute approximate surface area is 154 Å². The minimum atomic E-state index is -3.72. The summed E-state index contributed by atoms with van der Waals surface area (Å²) in [4.78, 5) is 15.9. The Hall–Kier alpha value is -2.38. The summed E-state index contributed by atoms with van der Waals surface area (Å²) in [6.07, 6.45) is -0.655. The number of nitrogens with zero attached hydrogens (tertiary/aromatic N) is 3. The number of carbonyl (C=O) groups is 1. The normalized spacial score (nSPS) is 18.1. The van der Waals surface area contributed by atoms with E-state index in [1.165, 1.54) is 9.21 Å². The van der Waals surface area contributed by atoms with E-state index in [0.29, 0.717) is 6.54 Å². The number of aryl methyl sites for hydroxylation is 1. The second-order valence-corrected chi connectivity index (χ2v) is 8.47. The lowest BCUT2D eigenvalue weighted by molar-refractivity contribution is 0.151. The predicted molar refractivity (Wildman–Crippen MR) is 100 cm³/mol. The minimum absolute atomic E-state index is 0.208. The van der Waals surface area contributed by atoms with Crippen molar-refractivity contribution in [3.8, 4) is 0 Å². The van der Waals surface area contributed by atoms with Gasteiger partial charge in [0.2, 0.25) is 10.0 Å². The fourth-order valence-electron chi connectivity index (χ4n) is 3.13. The molecule has 2 aromatic carbocycles. The Kier molecular flexibility index (Phi) is 5.02. The molecule has 0 aromatic heterocycles. The van der Waals surface area contributed by atoms with E-state index < -0.39 is 16.2 Å². The van der Waals surface area contributed by atoms with Crippen LogP contribution < -0.4 is 0 Å². The van der Waals surface area contributed by atoms with Crippen molar-refractivity contribution in [1.29, 1.82) is 0 Å². The second kappa shape index (κ2) is 7.09. The number of rotatable bonds is 3. The first-order valence-electron chi connectivity index (χ1n) is 8.44. The maximum absolute atomic E-state index is 13.2. The molecule has 1 aliphatic rings. The molecule has 1 aliphatic heterocycles. The molecular formula is C19H23N3O3S. The molecule has 1 atom stereocenters. The lowest BCUT2D eigenvalue weighted by atomic mass is 10.1. The van der Waals surface area contributed by atoms with E-state index >= 15 is 0 Å². The molecule has 2 aromatic rings. The van der Waals surface area contributed by atoms with Crippen LogP contribution in [0, 0.1) is 6.92 Å². The molecular weight excluding hydrogens is 350 g/mol. The van der Waals surface area contributed by atoms with Gasteiger partial charge in [-0.3, -0.25) is 0 Å². The standard InChI is InChI=1S/C19H23N3O3S/c1-15-9-11-17(12-10-15)26(24,25)22-14-13-21(19(23)20(2)3)18(22)16-7-5-4-6-8-16/h4-12,18H,13-14H2,1-3H3. The van der Waals surface area contributed by atoms with Gasteiger partial charge in [-0.2, -0.15) is 4.31 Å². The lowest BCUT2D eigenvalue weighted by Gasteiger charge is -2.31. The molecule has 2 amide bonds. The van der Waals surface area contributed by atoms with Gasteiger partial charge >= 0.3 is 6.03 Å². The summed E-state index contributed by atoms with van der Waals surface area (Å²) >= 11 is 0. The summed E-state index contributed by atoms with van der Waals surface area (Å²) in [7, 11) is -0.388. The molecule has 7 heteroatoms. The molecule has 1 heterocycles. The monoisotopic (exact) mass is 373 g/mol. The number of hydrogen-bond acceptors (Lipinski definition) is 3. The van der Waals surface area contributed by atoms with Gasteiger partial charge in [0.05, 0.1) is 4.90 Å². The molecule has 1 saturated heterocycles. The quantitative estimate of drug-likeness (QED) is 0.831. The predicted octanol–water partition coefficient (Wildman–Crippen LogP) is 2.68. The highest BCUT2D eigenvalue weighted by Gasteiger charge is 2.43. The van der Waals surface area contributed by atoms with Gasteiger partial charge in [0.25, 0.3) is 0 Å². The van der Waals surface area contributed by atoms with Crippen molar-refractivity contribution in [2.45, 2.75) is 18.0 Å². The van der Waals surface area contributed by atoms with Crippen LogP contribution in [0.5, 0.6) is 0 Å². The summed E-state index contributed by atoms with van der Waals surface area (Å²) in [6, 6.07) is 15.9. The van der Waals surface area contributed by atoms with Crippen LogP contribution in [0.15, 0.2) is 59.5 Å². The zero-order chi connectivity index (χ0) is 18.9. The van der Waals surface area contributed by atoms with Gasteiger partial charge in [0.1, 0.15) is 6.17 Å². The number of hydrogen-bond donors (Lipinski definition) is 0. The molecule has 1 fully saturated rings. The van der Waals surface area contributed by atoms with Crippen molar-refractivity contribution >= 4 is 16.1 Å². The summed E-state index contributed by atoms with van der Waals surface area (Å²) in [5.41, 5.74) is 1.77. The van der Waals surface area contributed by atoms with Crippen LogP contribution >= 0.6 is 0 Å². The van der Waals surface area contributed by atoms with Gasteiger partial charge in [-0.15, -0.1) is 0 Å². The molecule has 0 aliphatic carbocycles. The van der Waals surface area contributed by atoms with E-state index in [1.807, 2.05) is 37.3 Å². The van der Waals surface area contributed by atoms with E-state index in [2.05, 4.69) is 0 Å². The minimum Gasteiger partial charge on any atom is -0.331 e. The van der Waals surface area contributed by atoms with Crippen LogP contribution in [0.1, 0.15) is 17.3 Å². The molecule has 0 N–H and O–H groups in total. The van der Waals surface area contributed by atoms with Crippen LogP contribution in [0.25, 0.3) is 0 Å². The third kappa shape index (κ3) is 3.32. The van der Waals surface area contributed by atoms with Gasteiger partial charge in [-0.05, 0) is 24.6 Å². The Balaban J connectivity index is 2.05. The number of benzene rings is 2. The Morgan fingerprint density at radius 1 is 1.00 bits per heavy atom. The summed E-state index contributed by atoms with van der Waals surface area (Å²) < 4.78 is 27.9. The summed E-state index contributed by atoms with van der Waals surface area (Å²) in [5.74, 6) is 0. The van der Waals surface area contributed by atoms with E-state index in [0.717, 1.165) is 11.1 Å². The Morgan fingerprint density at radius 3 is 2.19 bits per heavy atom. The van der Waals surface area contributed by atoms with Gasteiger partial charge in [0.15, 0.2) is 0 Å². The molecule has 26 heavy (non-hydrogen) atoms. The number of carbonyl (C=O) groups excluding carboxylic acids is 1. The van der Waals surface area contributed by atoms with Crippen LogP contribution in [-0.4, -0.2) is 55.7 Å². The summed E-state index contributed by atoms with van der Waals surface area (Å²) in [6.45, 7) is 2.52. The number of urea groups is 1. The van der Waals surface area contributed by atoms with Crippen LogP contribution in [0.2, 0.25) is 0 Å². The highest BCUT2D eigenvalue weighted by molar-refractivity contribution is 7.89. The van der Waals surface area contributed by atoms with Crippen LogP contribution in [0.3, 0.4) is 0 Å². The van der Waals surface area contributed by atoms with E-state index in [1.54, 1.807) is 43.3 Å². The topological polar surface area (TPSA) is 60.9 Å². The fourth-order valence-corrected chi connectivity index (χ4v) is 4.70. The lowest BCUT2D eigenvalue weighted by Crippen LogP contribution is -2.42. The van der Waals surface area contributed by atoms with Crippen LogP contribution in [-0.2, 0) is 10.0 Å². The SMILES string of the molecule is Cc1ccc(S(=O)(=O)N2CCN(C(=O)N(C)C)C2c2ccccc2)cc1. The molecule has 0 spiro atoms. The third-order valence-corrected chi connectivity index (χ3v) is 6.35. The molecule has 3 rings (SSSR count). The van der Waals surface area contributed by atoms with Gasteiger partial charge < -0.3 is 9.80 Å². The van der Waals surface area contributed by atoms with Crippen molar-refractivity contribution in [3.63, 3.8) is 0 Å². The first-order valence-corrected chi connectivity index (χ1v) is 9.88. The Bertz CT molecular complexity index is 880. The van der Waals surface area contributed by atoms with Crippen LogP contribution in [0.4, 0.5) is 4.79 Å². The van der Waals surface area contributed by atoms with E-state index in [-0.39, 0.29) is 17.5 Å². The van der Waals surface area contributed by atoms with Gasteiger partial charge in [-0.25, -0.2) is 13.2 Å². The average molecular weight is 373 g/mol. The maximum Gasteiger partial charge on any atom is 0.321 e. The zero-order valence-corrected chi connectivity index (χ0v) is 16.0. The van der Waals surface area contributed by atoms with Crippen molar-refractivity contribution in [3.05, 3.63) is 65.7 Å². The zero-order valence-electron chi connectivity index (χ0n) is 15.2. The highest BCUT2D eigenvalue weighted by atomic mass is 32.2. The van der Waals surface area contributed by atoms with E-state index in [9.17, 15) is 13.2 Å². The molecule has 1 unspecified atom stereocenters. The van der Waals surface area contributed by atoms with E-state index in [4.69, 9.17) is 0 Å². The maximum atomic E-state index is 13.2. The van der Waals surface area contributed by atoms with Gasteiger partial charge in [0, 0.05) is 27.2 Å². The molecule has 6 nitrogen and oxygen atoms in total. The second-order valence-electron chi connectivity index (χ2n) is 6.58. The van der Waals surface area contributed by atoms with Crippen molar-refractivity contribution < 1.29 is 13.2 Å². The first-order chi connectivity index (χ1) is 12.3. The molecule has 0 bridgehead atoms. The van der Waals surface area contributed by atoms with Gasteiger partial charge in [-0.1, -0.05) is 48.0 Å². The third-order valence-electron chi connectivity index (χ3n) is 4.48. The Morgan fingerprint density at radius 2 is 1.62 bits per heavy atom. The van der Waals surface area contributed by atoms with Crippen molar-refractivity contribution in [2.24, 2.45) is 0 Å². The fraction of sp³-hybridized carbons (Fsp3) is 0.316. The van der Waals surface area contributed by atoms with Crippen molar-refractivity contribution in [1.82, 2.24) is 14.1 Å². The summed E-state index contributed by atoms with van der Waals surface area (Å²) in [5, 5.41) is 0. The highest BCUT2D eigenvalue weighted by Crippen LogP contribution is 2.35. The smallest absolute Gasteiger partial charge is 0.321 e. The molecule has 0 saturated carbocycles. The number of amides is 2. The first kappa shape index (κ1) is 18.4. The molecule has 138 valence electrons. The van der Waals surface area contributed by atoms with Crippen molar-refractivity contribution in [2.75, 3.05) is 27.2 Å². The number of sulfonamides is 1. The molecule has 0 radical (unpaired) electrons. The largest absolute Gasteiger partial charge is 0.331 e. The average Bonchev–Trinajstić information content (AvgIpc) is 3.08.